The van der Waals surface area contributed by atoms with Crippen molar-refractivity contribution in [2.45, 2.75) is 12.8 Å². The summed E-state index contributed by atoms with van der Waals surface area (Å²) in [5, 5.41) is 0. The van der Waals surface area contributed by atoms with Crippen LogP contribution in [0, 0.1) is 0 Å². The van der Waals surface area contributed by atoms with Gasteiger partial charge in [-0.1, -0.05) is 37.3 Å². The lowest BCUT2D eigenvalue weighted by atomic mass is 10.0. The van der Waals surface area contributed by atoms with Gasteiger partial charge in [0, 0.05) is 0 Å². The van der Waals surface area contributed by atoms with E-state index in [0.29, 0.717) is 5.75 Å². The summed E-state index contributed by atoms with van der Waals surface area (Å²) in [6.45, 7) is 1.95. The van der Waals surface area contributed by atoms with Gasteiger partial charge >= 0.3 is 0 Å². The highest BCUT2D eigenvalue weighted by Crippen LogP contribution is 2.14. The van der Waals surface area contributed by atoms with Gasteiger partial charge in [-0.05, 0) is 11.5 Å². The first kappa shape index (κ1) is 9.42. The summed E-state index contributed by atoms with van der Waals surface area (Å²) in [4.78, 5) is 0. The van der Waals surface area contributed by atoms with Crippen LogP contribution < -0.4 is 0 Å². The topological polar surface area (TPSA) is 37.3 Å². The molecule has 66 valence electrons. The van der Waals surface area contributed by atoms with E-state index in [1.54, 1.807) is 0 Å². The lowest BCUT2D eigenvalue weighted by molar-refractivity contribution is 0.559. The van der Waals surface area contributed by atoms with Crippen LogP contribution in [0.5, 0.6) is 0 Å². The van der Waals surface area contributed by atoms with Crippen LogP contribution in [0.4, 0.5) is 0 Å². The second-order valence-corrected chi connectivity index (χ2v) is 3.78. The Bertz CT molecular complexity index is 258. The average Bonchev–Trinajstić information content (AvgIpc) is 2.05. The third-order valence-corrected chi connectivity index (χ3v) is 2.55. The number of hydrogen-bond donors (Lipinski definition) is 1. The molecule has 0 saturated carbocycles. The SMILES string of the molecule is CC(CS(=O)O)c1ccccc1. The van der Waals surface area contributed by atoms with Crippen LogP contribution in [0.15, 0.2) is 30.3 Å². The Morgan fingerprint density at radius 2 is 2.00 bits per heavy atom. The molecule has 0 saturated heterocycles. The molecule has 0 aliphatic carbocycles. The Kier molecular flexibility index (Phi) is 3.44. The van der Waals surface area contributed by atoms with Crippen molar-refractivity contribution in [1.29, 1.82) is 0 Å². The van der Waals surface area contributed by atoms with Gasteiger partial charge in [0.25, 0.3) is 0 Å². The molecule has 0 amide bonds. The zero-order chi connectivity index (χ0) is 8.97. The van der Waals surface area contributed by atoms with E-state index in [2.05, 4.69) is 0 Å². The van der Waals surface area contributed by atoms with Gasteiger partial charge in [-0.15, -0.1) is 0 Å². The Balaban J connectivity index is 2.65. The van der Waals surface area contributed by atoms with Crippen LogP contribution in [0.1, 0.15) is 18.4 Å². The molecule has 0 spiro atoms. The van der Waals surface area contributed by atoms with Gasteiger partial charge < -0.3 is 4.55 Å². The van der Waals surface area contributed by atoms with Crippen LogP contribution in [0.25, 0.3) is 0 Å². The molecule has 12 heavy (non-hydrogen) atoms. The third-order valence-electron chi connectivity index (χ3n) is 1.76. The highest BCUT2D eigenvalue weighted by molar-refractivity contribution is 7.79. The van der Waals surface area contributed by atoms with E-state index in [0.717, 1.165) is 5.56 Å². The van der Waals surface area contributed by atoms with Gasteiger partial charge in [0.05, 0.1) is 5.75 Å². The van der Waals surface area contributed by atoms with Crippen molar-refractivity contribution < 1.29 is 8.76 Å². The molecule has 1 aromatic carbocycles. The Morgan fingerprint density at radius 3 is 2.50 bits per heavy atom. The molecule has 0 aromatic heterocycles. The van der Waals surface area contributed by atoms with E-state index in [1.165, 1.54) is 0 Å². The van der Waals surface area contributed by atoms with Crippen LogP contribution in [0.3, 0.4) is 0 Å². The fourth-order valence-electron chi connectivity index (χ4n) is 1.09. The van der Waals surface area contributed by atoms with E-state index >= 15 is 0 Å². The van der Waals surface area contributed by atoms with E-state index in [4.69, 9.17) is 4.55 Å². The fourth-order valence-corrected chi connectivity index (χ4v) is 1.71. The molecule has 1 N–H and O–H groups in total. The van der Waals surface area contributed by atoms with Crippen LogP contribution in [-0.4, -0.2) is 14.5 Å². The molecule has 0 radical (unpaired) electrons. The molecule has 2 atom stereocenters. The van der Waals surface area contributed by atoms with Gasteiger partial charge in [-0.2, -0.15) is 0 Å². The maximum Gasteiger partial charge on any atom is 0.153 e. The third kappa shape index (κ3) is 2.75. The Hall–Kier alpha value is -0.670. The lowest BCUT2D eigenvalue weighted by Gasteiger charge is -2.07. The van der Waals surface area contributed by atoms with Gasteiger partial charge in [-0.25, -0.2) is 4.21 Å². The van der Waals surface area contributed by atoms with Crippen LogP contribution >= 0.6 is 0 Å². The van der Waals surface area contributed by atoms with Crippen LogP contribution in [-0.2, 0) is 11.1 Å². The quantitative estimate of drug-likeness (QED) is 0.730. The second-order valence-electron chi connectivity index (χ2n) is 2.80. The molecular formula is C9H12O2S. The molecule has 0 fully saturated rings. The van der Waals surface area contributed by atoms with Gasteiger partial charge in [-0.3, -0.25) is 0 Å². The smallest absolute Gasteiger partial charge is 0.153 e. The lowest BCUT2D eigenvalue weighted by Crippen LogP contribution is -2.04. The Morgan fingerprint density at radius 1 is 1.42 bits per heavy atom. The first-order chi connectivity index (χ1) is 5.70. The predicted molar refractivity (Wildman–Crippen MR) is 50.5 cm³/mol. The minimum Gasteiger partial charge on any atom is -0.306 e. The standard InChI is InChI=1S/C9H12O2S/c1-8(7-12(10)11)9-5-3-2-4-6-9/h2-6,8H,7H2,1H3,(H,10,11). The zero-order valence-electron chi connectivity index (χ0n) is 6.93. The molecular weight excluding hydrogens is 172 g/mol. The van der Waals surface area contributed by atoms with E-state index < -0.39 is 11.1 Å². The highest BCUT2D eigenvalue weighted by atomic mass is 32.2. The Labute approximate surface area is 74.9 Å². The summed E-state index contributed by atoms with van der Waals surface area (Å²) in [5.41, 5.74) is 1.11. The fraction of sp³-hybridized carbons (Fsp3) is 0.333. The van der Waals surface area contributed by atoms with Crippen molar-refractivity contribution in [3.63, 3.8) is 0 Å². The van der Waals surface area contributed by atoms with E-state index in [-0.39, 0.29) is 5.92 Å². The van der Waals surface area contributed by atoms with Crippen molar-refractivity contribution in [1.82, 2.24) is 0 Å². The number of benzene rings is 1. The maximum atomic E-state index is 10.5. The molecule has 0 aliphatic heterocycles. The normalized spacial score (nSPS) is 15.5. The summed E-state index contributed by atoms with van der Waals surface area (Å²) in [6, 6.07) is 9.75. The van der Waals surface area contributed by atoms with Gasteiger partial charge in [0.2, 0.25) is 0 Å². The summed E-state index contributed by atoms with van der Waals surface area (Å²) in [7, 11) is 0. The average molecular weight is 184 g/mol. The molecule has 0 aliphatic rings. The first-order valence-corrected chi connectivity index (χ1v) is 5.10. The summed E-state index contributed by atoms with van der Waals surface area (Å²) in [6.07, 6.45) is 0. The second kappa shape index (κ2) is 4.38. The van der Waals surface area contributed by atoms with E-state index in [9.17, 15) is 4.21 Å². The van der Waals surface area contributed by atoms with Gasteiger partial charge in [0.1, 0.15) is 0 Å². The predicted octanol–water partition coefficient (Wildman–Crippen LogP) is 2.01. The maximum absolute atomic E-state index is 10.5. The van der Waals surface area contributed by atoms with Crippen molar-refractivity contribution in [3.05, 3.63) is 35.9 Å². The monoisotopic (exact) mass is 184 g/mol. The molecule has 0 heterocycles. The van der Waals surface area contributed by atoms with Crippen molar-refractivity contribution in [3.8, 4) is 0 Å². The largest absolute Gasteiger partial charge is 0.306 e. The minimum absolute atomic E-state index is 0.150. The molecule has 3 heteroatoms. The minimum atomic E-state index is -1.70. The summed E-state index contributed by atoms with van der Waals surface area (Å²) >= 11 is -1.70. The van der Waals surface area contributed by atoms with Crippen LogP contribution in [0.2, 0.25) is 0 Å². The number of hydrogen-bond acceptors (Lipinski definition) is 1. The summed E-state index contributed by atoms with van der Waals surface area (Å²) in [5.74, 6) is 0.460. The van der Waals surface area contributed by atoms with Gasteiger partial charge in [0.15, 0.2) is 11.1 Å². The zero-order valence-corrected chi connectivity index (χ0v) is 7.75. The molecule has 1 aromatic rings. The number of rotatable bonds is 3. The first-order valence-electron chi connectivity index (χ1n) is 3.82. The van der Waals surface area contributed by atoms with Crippen molar-refractivity contribution >= 4 is 11.1 Å². The molecule has 1 rings (SSSR count). The van der Waals surface area contributed by atoms with Crippen molar-refractivity contribution in [2.75, 3.05) is 5.75 Å². The highest BCUT2D eigenvalue weighted by Gasteiger charge is 2.06. The molecule has 2 unspecified atom stereocenters. The molecule has 2 nitrogen and oxygen atoms in total. The molecule has 0 bridgehead atoms. The van der Waals surface area contributed by atoms with E-state index in [1.807, 2.05) is 37.3 Å². The van der Waals surface area contributed by atoms with Crippen molar-refractivity contribution in [2.24, 2.45) is 0 Å². The summed E-state index contributed by atoms with van der Waals surface area (Å²) < 4.78 is 19.2.